The minimum Gasteiger partial charge on any atom is -0.496 e. The summed E-state index contributed by atoms with van der Waals surface area (Å²) < 4.78 is 11.5. The van der Waals surface area contributed by atoms with Crippen LogP contribution in [0.3, 0.4) is 0 Å². The summed E-state index contributed by atoms with van der Waals surface area (Å²) in [5.74, 6) is 1.93. The molecule has 1 aromatic heterocycles. The number of hydrogen-bond donors (Lipinski definition) is 1. The number of aliphatic hydroxyl groups is 1. The van der Waals surface area contributed by atoms with Crippen LogP contribution in [0.5, 0.6) is 17.4 Å². The lowest BCUT2D eigenvalue weighted by Crippen LogP contribution is -2.32. The molecule has 1 heterocycles. The van der Waals surface area contributed by atoms with Gasteiger partial charge in [-0.25, -0.2) is 4.98 Å². The van der Waals surface area contributed by atoms with Crippen molar-refractivity contribution >= 4 is 5.69 Å². The van der Waals surface area contributed by atoms with E-state index in [2.05, 4.69) is 4.98 Å². The highest BCUT2D eigenvalue weighted by Gasteiger charge is 2.20. The van der Waals surface area contributed by atoms with E-state index in [1.54, 1.807) is 14.0 Å². The number of aromatic nitrogens is 1. The number of methoxy groups -OCH3 is 1. The third-order valence-electron chi connectivity index (χ3n) is 4.51. The summed E-state index contributed by atoms with van der Waals surface area (Å²) in [5.41, 5.74) is 3.68. The quantitative estimate of drug-likeness (QED) is 0.596. The van der Waals surface area contributed by atoms with Crippen LogP contribution in [-0.4, -0.2) is 23.4 Å². The number of aryl methyl sites for hydroxylation is 2. The molecular formula is C23H26N2O3. The molecule has 5 nitrogen and oxygen atoms in total. The molecule has 0 radical (unpaired) electrons. The lowest BCUT2D eigenvalue weighted by Gasteiger charge is -2.29. The summed E-state index contributed by atoms with van der Waals surface area (Å²) in [7, 11) is 1.64. The van der Waals surface area contributed by atoms with Gasteiger partial charge in [0, 0.05) is 17.8 Å². The number of hydrogen-bond acceptors (Lipinski definition) is 5. The van der Waals surface area contributed by atoms with Crippen molar-refractivity contribution in [2.24, 2.45) is 0 Å². The van der Waals surface area contributed by atoms with Crippen molar-refractivity contribution in [2.75, 3.05) is 12.0 Å². The van der Waals surface area contributed by atoms with Crippen LogP contribution in [0.2, 0.25) is 0 Å². The molecule has 28 heavy (non-hydrogen) atoms. The van der Waals surface area contributed by atoms with Crippen molar-refractivity contribution < 1.29 is 14.6 Å². The predicted octanol–water partition coefficient (Wildman–Crippen LogP) is 4.84. The molecule has 0 aliphatic rings. The first kappa shape index (κ1) is 19.7. The third-order valence-corrected chi connectivity index (χ3v) is 4.51. The van der Waals surface area contributed by atoms with Crippen molar-refractivity contribution in [1.82, 2.24) is 4.98 Å². The Kier molecular flexibility index (Phi) is 6.16. The molecule has 0 aliphatic heterocycles. The van der Waals surface area contributed by atoms with Gasteiger partial charge in [-0.2, -0.15) is 0 Å². The minimum absolute atomic E-state index is 0.455. The predicted molar refractivity (Wildman–Crippen MR) is 111 cm³/mol. The van der Waals surface area contributed by atoms with Crippen molar-refractivity contribution in [1.29, 1.82) is 0 Å². The number of pyridine rings is 1. The Balaban J connectivity index is 1.97. The molecule has 3 rings (SSSR count). The van der Waals surface area contributed by atoms with Crippen molar-refractivity contribution in [3.63, 3.8) is 0 Å². The summed E-state index contributed by atoms with van der Waals surface area (Å²) in [6, 6.07) is 19.4. The zero-order chi connectivity index (χ0) is 20.1. The van der Waals surface area contributed by atoms with E-state index in [1.807, 2.05) is 79.4 Å². The van der Waals surface area contributed by atoms with Crippen molar-refractivity contribution in [3.05, 3.63) is 77.5 Å². The fraction of sp³-hybridized carbons (Fsp3) is 0.261. The number of rotatable bonds is 7. The Morgan fingerprint density at radius 2 is 1.71 bits per heavy atom. The smallest absolute Gasteiger partial charge is 0.243 e. The number of para-hydroxylation sites is 1. The first-order valence-corrected chi connectivity index (χ1v) is 9.26. The first-order chi connectivity index (χ1) is 13.5. The SMILES string of the molecule is COc1ccccc1CN(c1ccc(C)nc1Oc1ccc(C)cc1)C(C)O. The van der Waals surface area contributed by atoms with E-state index in [-0.39, 0.29) is 0 Å². The van der Waals surface area contributed by atoms with Gasteiger partial charge in [-0.3, -0.25) is 0 Å². The first-order valence-electron chi connectivity index (χ1n) is 9.26. The lowest BCUT2D eigenvalue weighted by atomic mass is 10.1. The maximum absolute atomic E-state index is 10.5. The van der Waals surface area contributed by atoms with Crippen LogP contribution >= 0.6 is 0 Å². The second-order valence-electron chi connectivity index (χ2n) is 6.76. The second-order valence-corrected chi connectivity index (χ2v) is 6.76. The molecule has 0 saturated heterocycles. The highest BCUT2D eigenvalue weighted by Crippen LogP contribution is 2.34. The normalized spacial score (nSPS) is 11.8. The van der Waals surface area contributed by atoms with Crippen molar-refractivity contribution in [3.8, 4) is 17.4 Å². The zero-order valence-corrected chi connectivity index (χ0v) is 16.7. The van der Waals surface area contributed by atoms with Crippen LogP contribution in [0, 0.1) is 13.8 Å². The van der Waals surface area contributed by atoms with Gasteiger partial charge in [-0.05, 0) is 51.1 Å². The van der Waals surface area contributed by atoms with E-state index in [0.29, 0.717) is 23.9 Å². The van der Waals surface area contributed by atoms with Crippen LogP contribution in [0.4, 0.5) is 5.69 Å². The maximum atomic E-state index is 10.5. The van der Waals surface area contributed by atoms with Gasteiger partial charge >= 0.3 is 0 Å². The van der Waals surface area contributed by atoms with Gasteiger partial charge in [0.1, 0.15) is 23.4 Å². The van der Waals surface area contributed by atoms with Crippen LogP contribution in [0.15, 0.2) is 60.7 Å². The molecule has 1 N–H and O–H groups in total. The van der Waals surface area contributed by atoms with Gasteiger partial charge in [0.05, 0.1) is 7.11 Å². The fourth-order valence-electron chi connectivity index (χ4n) is 2.97. The summed E-state index contributed by atoms with van der Waals surface area (Å²) in [5, 5.41) is 10.5. The average molecular weight is 378 g/mol. The summed E-state index contributed by atoms with van der Waals surface area (Å²) in [4.78, 5) is 6.41. The van der Waals surface area contributed by atoms with Gasteiger partial charge in [-0.15, -0.1) is 0 Å². The summed E-state index contributed by atoms with van der Waals surface area (Å²) in [6.07, 6.45) is -0.741. The molecule has 5 heteroatoms. The van der Waals surface area contributed by atoms with E-state index in [4.69, 9.17) is 9.47 Å². The molecule has 146 valence electrons. The third kappa shape index (κ3) is 4.61. The van der Waals surface area contributed by atoms with Gasteiger partial charge in [0.25, 0.3) is 0 Å². The largest absolute Gasteiger partial charge is 0.496 e. The fourth-order valence-corrected chi connectivity index (χ4v) is 2.97. The summed E-state index contributed by atoms with van der Waals surface area (Å²) >= 11 is 0. The van der Waals surface area contributed by atoms with Crippen LogP contribution < -0.4 is 14.4 Å². The maximum Gasteiger partial charge on any atom is 0.243 e. The minimum atomic E-state index is -0.741. The summed E-state index contributed by atoms with van der Waals surface area (Å²) in [6.45, 7) is 6.13. The number of aliphatic hydroxyl groups excluding tert-OH is 1. The molecule has 0 spiro atoms. The van der Waals surface area contributed by atoms with E-state index >= 15 is 0 Å². The number of ether oxygens (including phenoxy) is 2. The number of nitrogens with zero attached hydrogens (tertiary/aromatic N) is 2. The molecule has 0 aliphatic carbocycles. The standard InChI is InChI=1S/C23H26N2O3/c1-16-9-12-20(13-10-16)28-23-21(14-11-17(2)24-23)25(18(3)26)15-19-7-5-6-8-22(19)27-4/h5-14,18,26H,15H2,1-4H3. The van der Waals surface area contributed by atoms with E-state index in [9.17, 15) is 5.11 Å². The van der Waals surface area contributed by atoms with E-state index in [0.717, 1.165) is 22.6 Å². The highest BCUT2D eigenvalue weighted by molar-refractivity contribution is 5.58. The van der Waals surface area contributed by atoms with Crippen LogP contribution in [-0.2, 0) is 6.54 Å². The molecule has 0 amide bonds. The molecule has 2 aromatic carbocycles. The van der Waals surface area contributed by atoms with Crippen molar-refractivity contribution in [2.45, 2.75) is 33.5 Å². The number of anilines is 1. The molecular weight excluding hydrogens is 352 g/mol. The van der Waals surface area contributed by atoms with Crippen LogP contribution in [0.25, 0.3) is 0 Å². The second kappa shape index (κ2) is 8.76. The van der Waals surface area contributed by atoms with Gasteiger partial charge < -0.3 is 19.5 Å². The molecule has 0 bridgehead atoms. The topological polar surface area (TPSA) is 54.8 Å². The van der Waals surface area contributed by atoms with Crippen LogP contribution in [0.1, 0.15) is 23.7 Å². The zero-order valence-electron chi connectivity index (χ0n) is 16.7. The lowest BCUT2D eigenvalue weighted by molar-refractivity contribution is 0.185. The molecule has 0 fully saturated rings. The molecule has 1 unspecified atom stereocenters. The Hall–Kier alpha value is -3.05. The Morgan fingerprint density at radius 1 is 1.00 bits per heavy atom. The Bertz CT molecular complexity index is 923. The molecule has 0 saturated carbocycles. The molecule has 3 aromatic rings. The Labute approximate surface area is 166 Å². The van der Waals surface area contributed by atoms with Gasteiger partial charge in [0.15, 0.2) is 0 Å². The van der Waals surface area contributed by atoms with E-state index < -0.39 is 6.23 Å². The monoisotopic (exact) mass is 378 g/mol. The highest BCUT2D eigenvalue weighted by atomic mass is 16.5. The number of benzene rings is 2. The Morgan fingerprint density at radius 3 is 2.39 bits per heavy atom. The van der Waals surface area contributed by atoms with Gasteiger partial charge in [0.2, 0.25) is 5.88 Å². The van der Waals surface area contributed by atoms with Gasteiger partial charge in [-0.1, -0.05) is 35.9 Å². The van der Waals surface area contributed by atoms with E-state index in [1.165, 1.54) is 0 Å². The molecule has 1 atom stereocenters. The average Bonchev–Trinajstić information content (AvgIpc) is 2.68.